The van der Waals surface area contributed by atoms with Gasteiger partial charge in [0, 0.05) is 23.5 Å². The van der Waals surface area contributed by atoms with Crippen LogP contribution in [0.15, 0.2) is 48.7 Å². The molecule has 3 aromatic rings. The summed E-state index contributed by atoms with van der Waals surface area (Å²) in [6.07, 6.45) is 1.66. The molecule has 0 spiro atoms. The molecule has 3 rings (SSSR count). The van der Waals surface area contributed by atoms with E-state index in [9.17, 15) is 24.9 Å². The average molecular weight is 339 g/mol. The van der Waals surface area contributed by atoms with Crippen LogP contribution in [-0.4, -0.2) is 32.1 Å². The Morgan fingerprint density at radius 3 is 2.60 bits per heavy atom. The minimum absolute atomic E-state index is 0.0785. The molecule has 4 N–H and O–H groups in total. The van der Waals surface area contributed by atoms with Crippen LogP contribution in [0.1, 0.15) is 22.3 Å². The van der Waals surface area contributed by atoms with Crippen LogP contribution in [0.4, 0.5) is 0 Å². The minimum Gasteiger partial charge on any atom is -0.508 e. The van der Waals surface area contributed by atoms with Gasteiger partial charge in [0.25, 0.3) is 0 Å². The number of aromatic nitrogens is 1. The van der Waals surface area contributed by atoms with Crippen LogP contribution in [0.3, 0.4) is 0 Å². The number of ketones is 1. The highest BCUT2D eigenvalue weighted by Gasteiger charge is 2.25. The minimum atomic E-state index is -1.08. The summed E-state index contributed by atoms with van der Waals surface area (Å²) in [5.74, 6) is -2.99. The smallest absolute Gasteiger partial charge is 0.307 e. The number of carbonyl (C=O) groups excluding carboxylic acids is 1. The molecule has 6 nitrogen and oxygen atoms in total. The van der Waals surface area contributed by atoms with Crippen LogP contribution in [0, 0.1) is 5.92 Å². The van der Waals surface area contributed by atoms with Gasteiger partial charge >= 0.3 is 5.97 Å². The molecule has 0 radical (unpaired) electrons. The summed E-state index contributed by atoms with van der Waals surface area (Å²) in [4.78, 5) is 27.1. The molecule has 1 aromatic heterocycles. The number of carboxylic acids is 1. The Balaban J connectivity index is 1.83. The Hall–Kier alpha value is -3.28. The van der Waals surface area contributed by atoms with E-state index < -0.39 is 17.7 Å². The van der Waals surface area contributed by atoms with Crippen molar-refractivity contribution in [2.75, 3.05) is 0 Å². The zero-order valence-electron chi connectivity index (χ0n) is 13.3. The van der Waals surface area contributed by atoms with Gasteiger partial charge in [-0.3, -0.25) is 9.59 Å². The SMILES string of the molecule is O=C(C[C@H](Cc1c[nH]c2ccccc12)C(=O)O)c1cc(O)ccc1O. The molecule has 0 fully saturated rings. The molecule has 0 bridgehead atoms. The van der Waals surface area contributed by atoms with Gasteiger partial charge in [-0.25, -0.2) is 0 Å². The molecule has 25 heavy (non-hydrogen) atoms. The number of aliphatic carboxylic acids is 1. The second-order valence-electron chi connectivity index (χ2n) is 5.93. The standard InChI is InChI=1S/C19H17NO5/c21-13-5-6-17(22)15(9-13)18(23)8-11(19(24)25)7-12-10-20-16-4-2-1-3-14(12)16/h1-6,9-11,20-22H,7-8H2,(H,24,25)/t11-/m0/s1. The zero-order chi connectivity index (χ0) is 18.0. The lowest BCUT2D eigenvalue weighted by Gasteiger charge is -2.12. The second-order valence-corrected chi connectivity index (χ2v) is 5.93. The normalized spacial score (nSPS) is 12.2. The molecule has 6 heteroatoms. The van der Waals surface area contributed by atoms with E-state index >= 15 is 0 Å². The first kappa shape index (κ1) is 16.6. The number of nitrogens with one attached hydrogen (secondary N) is 1. The van der Waals surface area contributed by atoms with Crippen molar-refractivity contribution in [2.45, 2.75) is 12.8 Å². The number of aromatic amines is 1. The number of rotatable bonds is 6. The third-order valence-corrected chi connectivity index (χ3v) is 4.20. The predicted molar refractivity (Wildman–Crippen MR) is 91.8 cm³/mol. The monoisotopic (exact) mass is 339 g/mol. The lowest BCUT2D eigenvalue weighted by atomic mass is 9.91. The number of hydrogen-bond donors (Lipinski definition) is 4. The lowest BCUT2D eigenvalue weighted by Crippen LogP contribution is -2.20. The Labute approximate surface area is 143 Å². The van der Waals surface area contributed by atoms with Gasteiger partial charge in [0.05, 0.1) is 11.5 Å². The molecular weight excluding hydrogens is 322 g/mol. The molecule has 0 aliphatic heterocycles. The van der Waals surface area contributed by atoms with Crippen LogP contribution in [0.5, 0.6) is 11.5 Å². The van der Waals surface area contributed by atoms with Crippen molar-refractivity contribution in [2.24, 2.45) is 5.92 Å². The van der Waals surface area contributed by atoms with Gasteiger partial charge in [0.1, 0.15) is 11.5 Å². The van der Waals surface area contributed by atoms with Gasteiger partial charge < -0.3 is 20.3 Å². The van der Waals surface area contributed by atoms with Gasteiger partial charge in [-0.1, -0.05) is 18.2 Å². The summed E-state index contributed by atoms with van der Waals surface area (Å²) in [6, 6.07) is 11.1. The molecule has 0 aliphatic carbocycles. The fourth-order valence-electron chi connectivity index (χ4n) is 2.89. The second kappa shape index (κ2) is 6.68. The number of fused-ring (bicyclic) bond motifs is 1. The summed E-state index contributed by atoms with van der Waals surface area (Å²) in [6.45, 7) is 0. The highest BCUT2D eigenvalue weighted by atomic mass is 16.4. The summed E-state index contributed by atoms with van der Waals surface area (Å²) < 4.78 is 0. The van der Waals surface area contributed by atoms with Crippen LogP contribution in [0.25, 0.3) is 10.9 Å². The predicted octanol–water partition coefficient (Wildman–Crippen LogP) is 3.10. The number of H-pyrrole nitrogens is 1. The van der Waals surface area contributed by atoms with E-state index in [4.69, 9.17) is 0 Å². The maximum Gasteiger partial charge on any atom is 0.307 e. The number of phenols is 2. The number of carboxylic acid groups (broad SMARTS) is 1. The zero-order valence-corrected chi connectivity index (χ0v) is 13.3. The first-order chi connectivity index (χ1) is 12.0. The highest BCUT2D eigenvalue weighted by Crippen LogP contribution is 2.27. The summed E-state index contributed by atoms with van der Waals surface area (Å²) in [5, 5.41) is 29.6. The molecule has 2 aromatic carbocycles. The van der Waals surface area contributed by atoms with Crippen LogP contribution < -0.4 is 0 Å². The number of hydrogen-bond acceptors (Lipinski definition) is 4. The fourth-order valence-corrected chi connectivity index (χ4v) is 2.89. The molecule has 1 heterocycles. The molecule has 0 aliphatic rings. The van der Waals surface area contributed by atoms with Gasteiger partial charge in [-0.05, 0) is 36.2 Å². The van der Waals surface area contributed by atoms with Crippen molar-refractivity contribution in [3.63, 3.8) is 0 Å². The number of aromatic hydroxyl groups is 2. The maximum atomic E-state index is 12.4. The van der Waals surface area contributed by atoms with Crippen LogP contribution in [0.2, 0.25) is 0 Å². The van der Waals surface area contributed by atoms with Gasteiger partial charge in [-0.15, -0.1) is 0 Å². The van der Waals surface area contributed by atoms with E-state index in [1.807, 2.05) is 24.3 Å². The summed E-state index contributed by atoms with van der Waals surface area (Å²) >= 11 is 0. The number of phenolic OH excluding ortho intramolecular Hbond substituents is 2. The Morgan fingerprint density at radius 1 is 1.08 bits per heavy atom. The average Bonchev–Trinajstić information content (AvgIpc) is 2.99. The van der Waals surface area contributed by atoms with Crippen LogP contribution >= 0.6 is 0 Å². The molecule has 0 amide bonds. The van der Waals surface area contributed by atoms with Gasteiger partial charge in [0.15, 0.2) is 5.78 Å². The first-order valence-electron chi connectivity index (χ1n) is 7.78. The Kier molecular flexibility index (Phi) is 4.43. The molecular formula is C19H17NO5. The van der Waals surface area contributed by atoms with E-state index in [2.05, 4.69) is 4.98 Å². The van der Waals surface area contributed by atoms with E-state index in [1.165, 1.54) is 12.1 Å². The van der Waals surface area contributed by atoms with Gasteiger partial charge in [0.2, 0.25) is 0 Å². The number of Topliss-reactive ketones (excluding diaryl/α,β-unsaturated/α-hetero) is 1. The van der Waals surface area contributed by atoms with Crippen molar-refractivity contribution < 1.29 is 24.9 Å². The lowest BCUT2D eigenvalue weighted by molar-refractivity contribution is -0.141. The maximum absolute atomic E-state index is 12.4. The summed E-state index contributed by atoms with van der Waals surface area (Å²) in [5.41, 5.74) is 1.64. The van der Waals surface area contributed by atoms with Crippen molar-refractivity contribution in [3.8, 4) is 11.5 Å². The third-order valence-electron chi connectivity index (χ3n) is 4.20. The van der Waals surface area contributed by atoms with E-state index in [0.29, 0.717) is 0 Å². The molecule has 0 unspecified atom stereocenters. The highest BCUT2D eigenvalue weighted by molar-refractivity contribution is 6.00. The molecule has 1 atom stereocenters. The van der Waals surface area contributed by atoms with E-state index in [0.717, 1.165) is 22.5 Å². The molecule has 128 valence electrons. The van der Waals surface area contributed by atoms with E-state index in [-0.39, 0.29) is 29.9 Å². The number of carbonyl (C=O) groups is 2. The number of benzene rings is 2. The van der Waals surface area contributed by atoms with E-state index in [1.54, 1.807) is 6.20 Å². The third kappa shape index (κ3) is 3.47. The quantitative estimate of drug-likeness (QED) is 0.407. The van der Waals surface area contributed by atoms with Gasteiger partial charge in [-0.2, -0.15) is 0 Å². The first-order valence-corrected chi connectivity index (χ1v) is 7.78. The van der Waals surface area contributed by atoms with Crippen molar-refractivity contribution in [1.29, 1.82) is 0 Å². The largest absolute Gasteiger partial charge is 0.508 e. The number of para-hydroxylation sites is 1. The Morgan fingerprint density at radius 2 is 1.84 bits per heavy atom. The fraction of sp³-hybridized carbons (Fsp3) is 0.158. The molecule has 0 saturated carbocycles. The van der Waals surface area contributed by atoms with Crippen molar-refractivity contribution >= 4 is 22.7 Å². The van der Waals surface area contributed by atoms with Crippen molar-refractivity contribution in [1.82, 2.24) is 4.98 Å². The topological polar surface area (TPSA) is 111 Å². The summed E-state index contributed by atoms with van der Waals surface area (Å²) in [7, 11) is 0. The molecule has 0 saturated heterocycles. The van der Waals surface area contributed by atoms with Crippen LogP contribution in [-0.2, 0) is 11.2 Å². The van der Waals surface area contributed by atoms with Crippen molar-refractivity contribution in [3.05, 3.63) is 59.8 Å². The Bertz CT molecular complexity index is 944.